The fourth-order valence-corrected chi connectivity index (χ4v) is 2.38. The highest BCUT2D eigenvalue weighted by atomic mass is 15.1. The molecule has 0 aromatic rings. The Labute approximate surface area is 107 Å². The number of hydrogen-bond acceptors (Lipinski definition) is 2. The molecule has 2 heteroatoms. The average molecular weight is 238 g/mol. The van der Waals surface area contributed by atoms with Crippen LogP contribution in [0.2, 0.25) is 0 Å². The largest absolute Gasteiger partial charge is 0.370 e. The number of rotatable bonds is 10. The van der Waals surface area contributed by atoms with E-state index >= 15 is 0 Å². The minimum absolute atomic E-state index is 0.573. The molecular formula is C15H30N2. The highest BCUT2D eigenvalue weighted by Crippen LogP contribution is 2.11. The average Bonchev–Trinajstić information content (AvgIpc) is 2.73. The van der Waals surface area contributed by atoms with Gasteiger partial charge in [0, 0.05) is 12.5 Å². The molecule has 1 heterocycles. The van der Waals surface area contributed by atoms with Gasteiger partial charge in [0.05, 0.1) is 12.4 Å². The van der Waals surface area contributed by atoms with Gasteiger partial charge in [0.25, 0.3) is 0 Å². The molecule has 0 bridgehead atoms. The van der Waals surface area contributed by atoms with Gasteiger partial charge in [-0.1, -0.05) is 58.3 Å². The second-order valence-corrected chi connectivity index (χ2v) is 5.41. The minimum Gasteiger partial charge on any atom is -0.370 e. The number of aliphatic imine (C=N–C) groups is 1. The van der Waals surface area contributed by atoms with Gasteiger partial charge in [-0.15, -0.1) is 0 Å². The van der Waals surface area contributed by atoms with Gasteiger partial charge in [0.1, 0.15) is 0 Å². The van der Waals surface area contributed by atoms with Crippen molar-refractivity contribution in [3.63, 3.8) is 0 Å². The van der Waals surface area contributed by atoms with Gasteiger partial charge in [0.15, 0.2) is 0 Å². The van der Waals surface area contributed by atoms with Crippen molar-refractivity contribution in [1.29, 1.82) is 0 Å². The Morgan fingerprint density at radius 2 is 1.59 bits per heavy atom. The minimum atomic E-state index is 0.573. The molecular weight excluding hydrogens is 208 g/mol. The molecule has 1 aliphatic rings. The molecule has 0 aliphatic carbocycles. The summed E-state index contributed by atoms with van der Waals surface area (Å²) in [6.45, 7) is 5.46. The summed E-state index contributed by atoms with van der Waals surface area (Å²) in [5, 5.41) is 3.43. The molecule has 0 amide bonds. The molecule has 0 aromatic carbocycles. The zero-order chi connectivity index (χ0) is 12.3. The lowest BCUT2D eigenvalue weighted by molar-refractivity contribution is 0.567. The summed E-state index contributed by atoms with van der Waals surface area (Å²) >= 11 is 0. The number of unbranched alkanes of at least 4 members (excludes halogenated alkanes) is 8. The molecule has 17 heavy (non-hydrogen) atoms. The molecule has 0 fully saturated rings. The van der Waals surface area contributed by atoms with E-state index in [1.165, 1.54) is 70.0 Å². The normalized spacial score (nSPS) is 19.2. The number of hydrogen-bond donors (Lipinski definition) is 1. The van der Waals surface area contributed by atoms with Crippen LogP contribution in [0, 0.1) is 0 Å². The van der Waals surface area contributed by atoms with Crippen molar-refractivity contribution < 1.29 is 0 Å². The van der Waals surface area contributed by atoms with Crippen LogP contribution in [0.25, 0.3) is 0 Å². The first-order chi connectivity index (χ1) is 8.33. The molecule has 0 saturated carbocycles. The second-order valence-electron chi connectivity index (χ2n) is 5.41. The lowest BCUT2D eigenvalue weighted by atomic mass is 10.1. The summed E-state index contributed by atoms with van der Waals surface area (Å²) in [6.07, 6.45) is 13.8. The monoisotopic (exact) mass is 238 g/mol. The van der Waals surface area contributed by atoms with Gasteiger partial charge in [-0.2, -0.15) is 0 Å². The summed E-state index contributed by atoms with van der Waals surface area (Å²) in [7, 11) is 0. The maximum atomic E-state index is 4.49. The molecule has 0 aromatic heterocycles. The summed E-state index contributed by atoms with van der Waals surface area (Å²) in [4.78, 5) is 4.49. The van der Waals surface area contributed by atoms with Gasteiger partial charge >= 0.3 is 0 Å². The third-order valence-corrected chi connectivity index (χ3v) is 3.49. The van der Waals surface area contributed by atoms with E-state index in [4.69, 9.17) is 0 Å². The first kappa shape index (κ1) is 14.5. The number of nitrogens with one attached hydrogen (secondary N) is 1. The van der Waals surface area contributed by atoms with Crippen molar-refractivity contribution in [2.75, 3.05) is 6.54 Å². The Hall–Kier alpha value is -0.530. The standard InChI is InChI=1S/C15H30N2/c1-3-4-5-6-7-8-9-10-11-12-15-16-13-14(2)17-15/h14H,3-13H2,1-2H3,(H,16,17)/t14-/m1/s1. The summed E-state index contributed by atoms with van der Waals surface area (Å²) < 4.78 is 0. The van der Waals surface area contributed by atoms with Gasteiger partial charge in [-0.25, -0.2) is 0 Å². The van der Waals surface area contributed by atoms with E-state index in [0.29, 0.717) is 6.04 Å². The van der Waals surface area contributed by atoms with E-state index < -0.39 is 0 Å². The zero-order valence-electron chi connectivity index (χ0n) is 11.8. The van der Waals surface area contributed by atoms with E-state index in [1.54, 1.807) is 0 Å². The predicted octanol–water partition coefficient (Wildman–Crippen LogP) is 4.30. The molecule has 1 N–H and O–H groups in total. The third-order valence-electron chi connectivity index (χ3n) is 3.49. The molecule has 0 unspecified atom stereocenters. The van der Waals surface area contributed by atoms with Gasteiger partial charge in [-0.3, -0.25) is 4.99 Å². The quantitative estimate of drug-likeness (QED) is 0.564. The number of nitrogens with zero attached hydrogens (tertiary/aromatic N) is 1. The lowest BCUT2D eigenvalue weighted by Crippen LogP contribution is -2.26. The maximum Gasteiger partial charge on any atom is 0.0966 e. The van der Waals surface area contributed by atoms with Crippen LogP contribution in [-0.4, -0.2) is 18.4 Å². The first-order valence-corrected chi connectivity index (χ1v) is 7.62. The first-order valence-electron chi connectivity index (χ1n) is 7.62. The number of amidine groups is 1. The third kappa shape index (κ3) is 7.40. The maximum absolute atomic E-state index is 4.49. The summed E-state index contributed by atoms with van der Waals surface area (Å²) in [5.41, 5.74) is 0. The second kappa shape index (κ2) is 9.49. The van der Waals surface area contributed by atoms with E-state index in [9.17, 15) is 0 Å². The Balaban J connectivity index is 1.79. The SMILES string of the molecule is CCCCCCCCCCCC1=NC[C@@H](C)N1. The van der Waals surface area contributed by atoms with Crippen molar-refractivity contribution in [3.8, 4) is 0 Å². The molecule has 100 valence electrons. The highest BCUT2D eigenvalue weighted by Gasteiger charge is 2.10. The molecule has 0 saturated heterocycles. The van der Waals surface area contributed by atoms with Crippen LogP contribution in [-0.2, 0) is 0 Å². The Kier molecular flexibility index (Phi) is 8.12. The van der Waals surface area contributed by atoms with Crippen LogP contribution >= 0.6 is 0 Å². The molecule has 0 spiro atoms. The molecule has 2 nitrogen and oxygen atoms in total. The van der Waals surface area contributed by atoms with Crippen molar-refractivity contribution in [3.05, 3.63) is 0 Å². The van der Waals surface area contributed by atoms with E-state index in [-0.39, 0.29) is 0 Å². The zero-order valence-corrected chi connectivity index (χ0v) is 11.8. The smallest absolute Gasteiger partial charge is 0.0966 e. The van der Waals surface area contributed by atoms with Crippen molar-refractivity contribution >= 4 is 5.84 Å². The molecule has 1 atom stereocenters. The van der Waals surface area contributed by atoms with Gasteiger partial charge in [-0.05, 0) is 13.3 Å². The molecule has 0 radical (unpaired) electrons. The fourth-order valence-electron chi connectivity index (χ4n) is 2.38. The van der Waals surface area contributed by atoms with Crippen molar-refractivity contribution in [1.82, 2.24) is 5.32 Å². The highest BCUT2D eigenvalue weighted by molar-refractivity contribution is 5.83. The van der Waals surface area contributed by atoms with Crippen LogP contribution in [0.5, 0.6) is 0 Å². The van der Waals surface area contributed by atoms with Crippen LogP contribution in [0.15, 0.2) is 4.99 Å². The fraction of sp³-hybridized carbons (Fsp3) is 0.933. The Bertz CT molecular complexity index is 211. The van der Waals surface area contributed by atoms with Crippen LogP contribution in [0.4, 0.5) is 0 Å². The van der Waals surface area contributed by atoms with Crippen molar-refractivity contribution in [2.24, 2.45) is 4.99 Å². The lowest BCUT2D eigenvalue weighted by Gasteiger charge is -2.05. The topological polar surface area (TPSA) is 24.4 Å². The molecule has 1 aliphatic heterocycles. The summed E-state index contributed by atoms with van der Waals surface area (Å²) in [5.74, 6) is 1.25. The van der Waals surface area contributed by atoms with E-state index in [0.717, 1.165) is 6.54 Å². The van der Waals surface area contributed by atoms with Gasteiger partial charge in [0.2, 0.25) is 0 Å². The predicted molar refractivity (Wildman–Crippen MR) is 76.7 cm³/mol. The van der Waals surface area contributed by atoms with Crippen LogP contribution in [0.3, 0.4) is 0 Å². The Morgan fingerprint density at radius 1 is 1.00 bits per heavy atom. The van der Waals surface area contributed by atoms with Crippen LogP contribution < -0.4 is 5.32 Å². The van der Waals surface area contributed by atoms with E-state index in [1.807, 2.05) is 0 Å². The van der Waals surface area contributed by atoms with Gasteiger partial charge < -0.3 is 5.32 Å². The Morgan fingerprint density at radius 3 is 2.12 bits per heavy atom. The van der Waals surface area contributed by atoms with E-state index in [2.05, 4.69) is 24.2 Å². The van der Waals surface area contributed by atoms with Crippen LogP contribution in [0.1, 0.15) is 78.1 Å². The molecule has 1 rings (SSSR count). The summed E-state index contributed by atoms with van der Waals surface area (Å²) in [6, 6.07) is 0.573. The van der Waals surface area contributed by atoms with Crippen molar-refractivity contribution in [2.45, 2.75) is 84.1 Å².